The lowest BCUT2D eigenvalue weighted by Crippen LogP contribution is -2.50. The maximum atomic E-state index is 3.90. The smallest absolute Gasteiger partial charge is 0.0954 e. The summed E-state index contributed by atoms with van der Waals surface area (Å²) < 4.78 is 0. The second-order valence-corrected chi connectivity index (χ2v) is 12.5. The highest BCUT2D eigenvalue weighted by Crippen LogP contribution is 2.36. The van der Waals surface area contributed by atoms with Crippen molar-refractivity contribution >= 4 is 31.5 Å². The van der Waals surface area contributed by atoms with Gasteiger partial charge >= 0.3 is 0 Å². The molecule has 3 aromatic rings. The SMILES string of the molecule is C=Cc1ccc(C(c2ccc(C=C)cc2)[Si](C)(CC)c2ccc(C=C)cc2)cc1. The van der Waals surface area contributed by atoms with E-state index in [1.165, 1.54) is 21.9 Å². The van der Waals surface area contributed by atoms with Crippen LogP contribution in [0, 0.1) is 0 Å². The molecule has 146 valence electrons. The van der Waals surface area contributed by atoms with Crippen molar-refractivity contribution in [2.75, 3.05) is 0 Å². The molecule has 1 heteroatoms. The van der Waals surface area contributed by atoms with Crippen LogP contribution in [0.25, 0.3) is 18.2 Å². The average Bonchev–Trinajstić information content (AvgIpc) is 2.80. The molecule has 0 N–H and O–H groups in total. The molecule has 0 heterocycles. The van der Waals surface area contributed by atoms with E-state index in [4.69, 9.17) is 0 Å². The first-order valence-corrected chi connectivity index (χ1v) is 13.0. The Balaban J connectivity index is 2.17. The zero-order chi connectivity index (χ0) is 20.9. The van der Waals surface area contributed by atoms with Gasteiger partial charge in [0.05, 0.1) is 8.07 Å². The summed E-state index contributed by atoms with van der Waals surface area (Å²) in [5.74, 6) is 0. The molecule has 0 radical (unpaired) electrons. The van der Waals surface area contributed by atoms with E-state index in [2.05, 4.69) is 106 Å². The van der Waals surface area contributed by atoms with Crippen molar-refractivity contribution < 1.29 is 0 Å². The van der Waals surface area contributed by atoms with Gasteiger partial charge in [0.1, 0.15) is 0 Å². The Morgan fingerprint density at radius 2 is 1.00 bits per heavy atom. The molecule has 0 spiro atoms. The minimum absolute atomic E-state index is 0.375. The molecule has 29 heavy (non-hydrogen) atoms. The Morgan fingerprint density at radius 3 is 1.31 bits per heavy atom. The molecule has 0 aliphatic rings. The summed E-state index contributed by atoms with van der Waals surface area (Å²) in [4.78, 5) is 0. The van der Waals surface area contributed by atoms with Crippen LogP contribution in [0.1, 0.15) is 40.3 Å². The lowest BCUT2D eigenvalue weighted by molar-refractivity contribution is 1.06. The highest BCUT2D eigenvalue weighted by atomic mass is 28.3. The lowest BCUT2D eigenvalue weighted by Gasteiger charge is -2.37. The molecule has 3 rings (SSSR count). The molecule has 0 nitrogen and oxygen atoms in total. The van der Waals surface area contributed by atoms with Gasteiger partial charge in [-0.25, -0.2) is 0 Å². The standard InChI is InChI=1S/C28H30Si/c1-6-22-10-16-25(17-11-22)28(26-18-12-23(7-2)13-19-26)29(5,9-4)27-20-14-24(8-3)15-21-27/h6-8,10-21,28H,1-3,9H2,4-5H3. The predicted molar refractivity (Wildman–Crippen MR) is 133 cm³/mol. The van der Waals surface area contributed by atoms with Crippen molar-refractivity contribution in [2.45, 2.75) is 25.1 Å². The van der Waals surface area contributed by atoms with Gasteiger partial charge in [0.2, 0.25) is 0 Å². The fourth-order valence-corrected chi connectivity index (χ4v) is 8.09. The number of hydrogen-bond donors (Lipinski definition) is 0. The molecule has 0 saturated heterocycles. The van der Waals surface area contributed by atoms with E-state index in [0.29, 0.717) is 5.54 Å². The molecule has 0 aromatic heterocycles. The van der Waals surface area contributed by atoms with Crippen molar-refractivity contribution in [1.82, 2.24) is 0 Å². The van der Waals surface area contributed by atoms with Gasteiger partial charge in [-0.3, -0.25) is 0 Å². The van der Waals surface area contributed by atoms with Gasteiger partial charge in [-0.2, -0.15) is 0 Å². The van der Waals surface area contributed by atoms with Crippen LogP contribution in [-0.4, -0.2) is 8.07 Å². The molecule has 3 aromatic carbocycles. The van der Waals surface area contributed by atoms with Crippen molar-refractivity contribution in [3.05, 3.63) is 120 Å². The van der Waals surface area contributed by atoms with Crippen LogP contribution in [0.2, 0.25) is 12.6 Å². The molecule has 0 aliphatic heterocycles. The Morgan fingerprint density at radius 1 is 0.655 bits per heavy atom. The van der Waals surface area contributed by atoms with Crippen LogP contribution >= 0.6 is 0 Å². The third-order valence-corrected chi connectivity index (χ3v) is 11.3. The zero-order valence-electron chi connectivity index (χ0n) is 17.6. The van der Waals surface area contributed by atoms with Crippen molar-refractivity contribution in [3.63, 3.8) is 0 Å². The Kier molecular flexibility index (Phi) is 6.51. The van der Waals surface area contributed by atoms with Crippen molar-refractivity contribution in [2.24, 2.45) is 0 Å². The minimum Gasteiger partial charge on any atom is -0.0985 e. The first-order valence-electron chi connectivity index (χ1n) is 10.2. The van der Waals surface area contributed by atoms with E-state index in [0.717, 1.165) is 17.2 Å². The van der Waals surface area contributed by atoms with Crippen LogP contribution in [0.4, 0.5) is 0 Å². The van der Waals surface area contributed by atoms with Crippen LogP contribution in [-0.2, 0) is 0 Å². The average molecular weight is 395 g/mol. The normalized spacial score (nSPS) is 12.9. The predicted octanol–water partition coefficient (Wildman–Crippen LogP) is 7.29. The van der Waals surface area contributed by atoms with Gasteiger partial charge in [0, 0.05) is 5.54 Å². The maximum Gasteiger partial charge on any atom is 0.0954 e. The molecular weight excluding hydrogens is 364 g/mol. The highest BCUT2D eigenvalue weighted by molar-refractivity contribution is 6.92. The highest BCUT2D eigenvalue weighted by Gasteiger charge is 2.38. The van der Waals surface area contributed by atoms with E-state index in [1.807, 2.05) is 18.2 Å². The van der Waals surface area contributed by atoms with Gasteiger partial charge in [-0.15, -0.1) is 0 Å². The van der Waals surface area contributed by atoms with Crippen molar-refractivity contribution in [1.29, 1.82) is 0 Å². The number of benzene rings is 3. The molecule has 0 fully saturated rings. The molecule has 0 bridgehead atoms. The topological polar surface area (TPSA) is 0 Å². The fraction of sp³-hybridized carbons (Fsp3) is 0.143. The third kappa shape index (κ3) is 4.25. The summed E-state index contributed by atoms with van der Waals surface area (Å²) in [7, 11) is -1.89. The van der Waals surface area contributed by atoms with E-state index in [-0.39, 0.29) is 0 Å². The second-order valence-electron chi connectivity index (χ2n) is 7.77. The monoisotopic (exact) mass is 394 g/mol. The van der Waals surface area contributed by atoms with Crippen LogP contribution < -0.4 is 5.19 Å². The molecule has 1 atom stereocenters. The van der Waals surface area contributed by atoms with E-state index in [1.54, 1.807) is 0 Å². The van der Waals surface area contributed by atoms with Crippen LogP contribution in [0.3, 0.4) is 0 Å². The fourth-order valence-electron chi connectivity index (χ4n) is 4.15. The minimum atomic E-state index is -1.89. The molecule has 1 unspecified atom stereocenters. The molecule has 0 amide bonds. The Labute approximate surface area is 177 Å². The summed E-state index contributed by atoms with van der Waals surface area (Å²) in [5, 5.41) is 1.48. The summed E-state index contributed by atoms with van der Waals surface area (Å²) in [5.41, 5.74) is 6.62. The third-order valence-electron chi connectivity index (χ3n) is 6.19. The first-order chi connectivity index (χ1) is 14.0. The van der Waals surface area contributed by atoms with Crippen molar-refractivity contribution in [3.8, 4) is 0 Å². The lowest BCUT2D eigenvalue weighted by atomic mass is 10.0. The van der Waals surface area contributed by atoms with Gasteiger partial charge in [0.15, 0.2) is 0 Å². The van der Waals surface area contributed by atoms with E-state index in [9.17, 15) is 0 Å². The maximum absolute atomic E-state index is 3.90. The quantitative estimate of drug-likeness (QED) is 0.352. The summed E-state index contributed by atoms with van der Waals surface area (Å²) in [6.45, 7) is 16.6. The van der Waals surface area contributed by atoms with Crippen LogP contribution in [0.5, 0.6) is 0 Å². The van der Waals surface area contributed by atoms with E-state index < -0.39 is 8.07 Å². The Bertz CT molecular complexity index is 926. The molecular formula is C28H30Si. The van der Waals surface area contributed by atoms with Crippen LogP contribution in [0.15, 0.2) is 92.5 Å². The van der Waals surface area contributed by atoms with Gasteiger partial charge < -0.3 is 0 Å². The number of hydrogen-bond acceptors (Lipinski definition) is 0. The first kappa shape index (κ1) is 20.8. The van der Waals surface area contributed by atoms with Gasteiger partial charge in [-0.05, 0) is 27.8 Å². The molecule has 0 aliphatic carbocycles. The summed E-state index contributed by atoms with van der Waals surface area (Å²) in [6, 6.07) is 28.0. The zero-order valence-corrected chi connectivity index (χ0v) is 18.6. The summed E-state index contributed by atoms with van der Waals surface area (Å²) >= 11 is 0. The summed E-state index contributed by atoms with van der Waals surface area (Å²) in [6.07, 6.45) is 5.72. The number of rotatable bonds is 8. The largest absolute Gasteiger partial charge is 0.0985 e. The van der Waals surface area contributed by atoms with Gasteiger partial charge in [0.25, 0.3) is 0 Å². The Hall–Kier alpha value is -2.90. The second kappa shape index (κ2) is 9.06. The van der Waals surface area contributed by atoms with E-state index >= 15 is 0 Å². The molecule has 0 saturated carbocycles. The van der Waals surface area contributed by atoms with Gasteiger partial charge in [-0.1, -0.05) is 135 Å².